The number of fused-ring (bicyclic) bond motifs is 1. The molecule has 0 radical (unpaired) electrons. The lowest BCUT2D eigenvalue weighted by molar-refractivity contribution is 0.102. The Morgan fingerprint density at radius 3 is 2.55 bits per heavy atom. The molecule has 1 amide bonds. The van der Waals surface area contributed by atoms with Crippen LogP contribution >= 0.6 is 0 Å². The number of nitrogens with zero attached hydrogens (tertiary/aromatic N) is 3. The molecule has 148 valence electrons. The van der Waals surface area contributed by atoms with Crippen LogP contribution in [0.3, 0.4) is 0 Å². The summed E-state index contributed by atoms with van der Waals surface area (Å²) in [5.41, 5.74) is 3.43. The number of anilines is 3. The van der Waals surface area contributed by atoms with Gasteiger partial charge in [-0.25, -0.2) is 9.97 Å². The second-order valence-corrected chi connectivity index (χ2v) is 7.44. The van der Waals surface area contributed by atoms with Gasteiger partial charge >= 0.3 is 0 Å². The predicted molar refractivity (Wildman–Crippen MR) is 114 cm³/mol. The van der Waals surface area contributed by atoms with Crippen LogP contribution in [-0.4, -0.2) is 28.0 Å². The Morgan fingerprint density at radius 1 is 1.10 bits per heavy atom. The summed E-state index contributed by atoms with van der Waals surface area (Å²) in [7, 11) is 0. The number of carbonyl (C=O) groups excluding carboxylic acids is 1. The Bertz CT molecular complexity index is 1020. The normalized spacial score (nSPS) is 15.3. The van der Waals surface area contributed by atoms with Crippen molar-refractivity contribution in [3.8, 4) is 5.75 Å². The monoisotopic (exact) mass is 388 g/mol. The third-order valence-electron chi connectivity index (χ3n) is 4.82. The SMILES string of the molecule is CC(C)Oc1ccccc1NC(=O)c1cnc(N2c3ccccc3CC2C)nc1. The zero-order chi connectivity index (χ0) is 20.4. The van der Waals surface area contributed by atoms with Crippen LogP contribution in [0.2, 0.25) is 0 Å². The van der Waals surface area contributed by atoms with Crippen molar-refractivity contribution in [2.75, 3.05) is 10.2 Å². The average Bonchev–Trinajstić information content (AvgIpc) is 3.05. The molecule has 2 aromatic carbocycles. The van der Waals surface area contributed by atoms with Crippen molar-refractivity contribution >= 4 is 23.2 Å². The molecule has 0 fully saturated rings. The minimum atomic E-state index is -0.272. The molecule has 6 nitrogen and oxygen atoms in total. The summed E-state index contributed by atoms with van der Waals surface area (Å²) in [5.74, 6) is 0.963. The predicted octanol–water partition coefficient (Wildman–Crippen LogP) is 4.60. The summed E-state index contributed by atoms with van der Waals surface area (Å²) in [5, 5.41) is 2.89. The van der Waals surface area contributed by atoms with Gasteiger partial charge in [-0.3, -0.25) is 4.79 Å². The molecule has 4 rings (SSSR count). The molecular formula is C23H24N4O2. The maximum absolute atomic E-state index is 12.7. The van der Waals surface area contributed by atoms with Gasteiger partial charge in [-0.05, 0) is 51.0 Å². The van der Waals surface area contributed by atoms with E-state index in [2.05, 4.69) is 39.2 Å². The van der Waals surface area contributed by atoms with Crippen LogP contribution in [0.15, 0.2) is 60.9 Å². The first kappa shape index (κ1) is 18.9. The first-order valence-electron chi connectivity index (χ1n) is 9.79. The number of aromatic nitrogens is 2. The number of benzene rings is 2. The largest absolute Gasteiger partial charge is 0.489 e. The van der Waals surface area contributed by atoms with E-state index in [1.54, 1.807) is 12.4 Å². The Hall–Kier alpha value is -3.41. The van der Waals surface area contributed by atoms with E-state index in [0.29, 0.717) is 22.9 Å². The van der Waals surface area contributed by atoms with E-state index < -0.39 is 0 Å². The molecule has 1 atom stereocenters. The minimum absolute atomic E-state index is 0.0148. The van der Waals surface area contributed by atoms with E-state index in [1.165, 1.54) is 5.56 Å². The summed E-state index contributed by atoms with van der Waals surface area (Å²) < 4.78 is 5.76. The lowest BCUT2D eigenvalue weighted by atomic mass is 10.1. The van der Waals surface area contributed by atoms with Gasteiger partial charge < -0.3 is 15.0 Å². The number of rotatable bonds is 5. The highest BCUT2D eigenvalue weighted by molar-refractivity contribution is 6.04. The molecule has 1 aliphatic heterocycles. The van der Waals surface area contributed by atoms with Crippen LogP contribution in [0.1, 0.15) is 36.7 Å². The van der Waals surface area contributed by atoms with Crippen molar-refractivity contribution in [1.29, 1.82) is 0 Å². The van der Waals surface area contributed by atoms with Crippen molar-refractivity contribution in [2.24, 2.45) is 0 Å². The van der Waals surface area contributed by atoms with Gasteiger partial charge in [0.25, 0.3) is 5.91 Å². The van der Waals surface area contributed by atoms with E-state index in [4.69, 9.17) is 4.74 Å². The van der Waals surface area contributed by atoms with Crippen LogP contribution in [0.4, 0.5) is 17.3 Å². The molecule has 29 heavy (non-hydrogen) atoms. The standard InChI is InChI=1S/C23H24N4O2/c1-15(2)29-21-11-7-5-9-19(21)26-22(28)18-13-24-23(25-14-18)27-16(3)12-17-8-4-6-10-20(17)27/h4-11,13-16H,12H2,1-3H3,(H,26,28). The molecule has 1 aromatic heterocycles. The molecule has 1 aliphatic rings. The molecular weight excluding hydrogens is 364 g/mol. The van der Waals surface area contributed by atoms with Crippen molar-refractivity contribution in [3.63, 3.8) is 0 Å². The molecule has 0 saturated heterocycles. The van der Waals surface area contributed by atoms with Gasteiger partial charge in [0.1, 0.15) is 5.75 Å². The lowest BCUT2D eigenvalue weighted by Crippen LogP contribution is -2.26. The van der Waals surface area contributed by atoms with Crippen LogP contribution in [0.5, 0.6) is 5.75 Å². The van der Waals surface area contributed by atoms with E-state index in [1.807, 2.05) is 50.2 Å². The van der Waals surface area contributed by atoms with Crippen molar-refractivity contribution < 1.29 is 9.53 Å². The summed E-state index contributed by atoms with van der Waals surface area (Å²) in [4.78, 5) is 23.7. The molecule has 3 aromatic rings. The molecule has 0 bridgehead atoms. The highest BCUT2D eigenvalue weighted by Gasteiger charge is 2.28. The minimum Gasteiger partial charge on any atom is -0.489 e. The lowest BCUT2D eigenvalue weighted by Gasteiger charge is -2.22. The number of nitrogens with one attached hydrogen (secondary N) is 1. The summed E-state index contributed by atoms with van der Waals surface area (Å²) in [6, 6.07) is 15.9. The molecule has 1 unspecified atom stereocenters. The van der Waals surface area contributed by atoms with Gasteiger partial charge in [-0.2, -0.15) is 0 Å². The summed E-state index contributed by atoms with van der Waals surface area (Å²) >= 11 is 0. The van der Waals surface area contributed by atoms with Crippen molar-refractivity contribution in [2.45, 2.75) is 39.3 Å². The van der Waals surface area contributed by atoms with Crippen molar-refractivity contribution in [3.05, 3.63) is 72.1 Å². The van der Waals surface area contributed by atoms with Gasteiger partial charge in [-0.15, -0.1) is 0 Å². The second-order valence-electron chi connectivity index (χ2n) is 7.44. The smallest absolute Gasteiger partial charge is 0.258 e. The van der Waals surface area contributed by atoms with E-state index in [9.17, 15) is 4.79 Å². The summed E-state index contributed by atoms with van der Waals surface area (Å²) in [6.07, 6.45) is 4.10. The first-order chi connectivity index (χ1) is 14.0. The highest BCUT2D eigenvalue weighted by atomic mass is 16.5. The molecule has 2 heterocycles. The van der Waals surface area contributed by atoms with Crippen LogP contribution in [0, 0.1) is 0 Å². The Morgan fingerprint density at radius 2 is 1.79 bits per heavy atom. The first-order valence-corrected chi connectivity index (χ1v) is 9.79. The van der Waals surface area contributed by atoms with Crippen LogP contribution in [0.25, 0.3) is 0 Å². The number of hydrogen-bond donors (Lipinski definition) is 1. The fourth-order valence-electron chi connectivity index (χ4n) is 3.55. The van der Waals surface area contributed by atoms with Crippen LogP contribution < -0.4 is 15.0 Å². The number of amides is 1. The van der Waals surface area contributed by atoms with Gasteiger partial charge in [0, 0.05) is 24.1 Å². The Kier molecular flexibility index (Phi) is 5.16. The van der Waals surface area contributed by atoms with E-state index in [-0.39, 0.29) is 18.1 Å². The second kappa shape index (κ2) is 7.91. The van der Waals surface area contributed by atoms with Crippen LogP contribution in [-0.2, 0) is 6.42 Å². The number of hydrogen-bond acceptors (Lipinski definition) is 5. The maximum Gasteiger partial charge on any atom is 0.258 e. The molecule has 0 saturated carbocycles. The fourth-order valence-corrected chi connectivity index (χ4v) is 3.55. The third kappa shape index (κ3) is 3.92. The third-order valence-corrected chi connectivity index (χ3v) is 4.82. The van der Waals surface area contributed by atoms with Gasteiger partial charge in [-0.1, -0.05) is 30.3 Å². The quantitative estimate of drug-likeness (QED) is 0.692. The Labute approximate surface area is 170 Å². The van der Waals surface area contributed by atoms with Gasteiger partial charge in [0.2, 0.25) is 5.95 Å². The molecule has 0 aliphatic carbocycles. The van der Waals surface area contributed by atoms with Crippen molar-refractivity contribution in [1.82, 2.24) is 9.97 Å². The van der Waals surface area contributed by atoms with Gasteiger partial charge in [0.05, 0.1) is 17.4 Å². The highest BCUT2D eigenvalue weighted by Crippen LogP contribution is 2.36. The molecule has 6 heteroatoms. The molecule has 1 N–H and O–H groups in total. The average molecular weight is 388 g/mol. The number of para-hydroxylation sites is 3. The zero-order valence-electron chi connectivity index (χ0n) is 16.8. The maximum atomic E-state index is 12.7. The number of ether oxygens (including phenoxy) is 1. The topological polar surface area (TPSA) is 67.3 Å². The summed E-state index contributed by atoms with van der Waals surface area (Å²) in [6.45, 7) is 6.04. The Balaban J connectivity index is 1.53. The van der Waals surface area contributed by atoms with E-state index in [0.717, 1.165) is 12.1 Å². The zero-order valence-corrected chi connectivity index (χ0v) is 16.8. The molecule has 0 spiro atoms. The van der Waals surface area contributed by atoms with E-state index >= 15 is 0 Å². The number of carbonyl (C=O) groups is 1. The fraction of sp³-hybridized carbons (Fsp3) is 0.261. The van der Waals surface area contributed by atoms with Gasteiger partial charge in [0.15, 0.2) is 0 Å².